The van der Waals surface area contributed by atoms with Gasteiger partial charge in [-0.25, -0.2) is 0 Å². The van der Waals surface area contributed by atoms with E-state index in [4.69, 9.17) is 0 Å². The Morgan fingerprint density at radius 2 is 1.27 bits per heavy atom. The third kappa shape index (κ3) is 3.20. The van der Waals surface area contributed by atoms with Crippen LogP contribution in [0.1, 0.15) is 5.56 Å². The van der Waals surface area contributed by atoms with Gasteiger partial charge in [0.05, 0.1) is 15.5 Å². The molecule has 1 aromatic heterocycles. The van der Waals surface area contributed by atoms with Crippen LogP contribution in [0.5, 0.6) is 0 Å². The Bertz CT molecular complexity index is 1050. The highest BCUT2D eigenvalue weighted by Crippen LogP contribution is 2.32. The molecule has 0 spiro atoms. The van der Waals surface area contributed by atoms with Crippen LogP contribution in [-0.4, -0.2) is 14.8 Å². The second-order valence-corrected chi connectivity index (χ2v) is 5.68. The number of pyridine rings is 1. The molecule has 0 unspecified atom stereocenters. The monoisotopic (exact) mass is 351 g/mol. The Hall–Kier alpha value is -3.81. The first-order valence-electron chi connectivity index (χ1n) is 7.60. The smallest absolute Gasteiger partial charge is 0.269 e. The molecule has 0 saturated heterocycles. The molecule has 0 atom stereocenters. The van der Waals surface area contributed by atoms with Crippen LogP contribution < -0.4 is 5.56 Å². The average Bonchev–Trinajstić information content (AvgIpc) is 2.63. The number of hydrogen-bond acceptors (Lipinski definition) is 5. The summed E-state index contributed by atoms with van der Waals surface area (Å²) in [7, 11) is 0. The molecule has 1 heterocycles. The number of H-pyrrole nitrogens is 1. The number of benzene rings is 2. The van der Waals surface area contributed by atoms with Gasteiger partial charge in [-0.3, -0.25) is 25.0 Å². The van der Waals surface area contributed by atoms with Gasteiger partial charge in [-0.05, 0) is 48.4 Å². The molecule has 8 heteroatoms. The molecule has 26 heavy (non-hydrogen) atoms. The van der Waals surface area contributed by atoms with E-state index in [1.807, 2.05) is 0 Å². The van der Waals surface area contributed by atoms with E-state index in [9.17, 15) is 25.0 Å². The number of nitro benzene ring substituents is 2. The molecule has 0 amide bonds. The Morgan fingerprint density at radius 1 is 0.808 bits per heavy atom. The number of hydrogen-bond donors (Lipinski definition) is 1. The topological polar surface area (TPSA) is 119 Å². The highest BCUT2D eigenvalue weighted by molar-refractivity contribution is 5.81. The van der Waals surface area contributed by atoms with Crippen LogP contribution in [0.3, 0.4) is 0 Å². The molecular formula is C18H13N3O5. The predicted octanol–water partition coefficient (Wildman–Crippen LogP) is 3.83. The number of non-ortho nitro benzene ring substituents is 2. The third-order valence-electron chi connectivity index (χ3n) is 3.98. The van der Waals surface area contributed by atoms with Crippen LogP contribution in [-0.2, 0) is 0 Å². The van der Waals surface area contributed by atoms with Crippen LogP contribution in [0.25, 0.3) is 22.4 Å². The van der Waals surface area contributed by atoms with Gasteiger partial charge in [-0.2, -0.15) is 0 Å². The number of aromatic amines is 1. The SMILES string of the molecule is Cc1cc(-c2ccc([N+](=O)[O-])cc2)c(-c2ccc([N+](=O)[O-])cc2)[nH]c1=O. The van der Waals surface area contributed by atoms with Crippen LogP contribution in [0, 0.1) is 27.2 Å². The summed E-state index contributed by atoms with van der Waals surface area (Å²) < 4.78 is 0. The predicted molar refractivity (Wildman–Crippen MR) is 96.0 cm³/mol. The lowest BCUT2D eigenvalue weighted by molar-refractivity contribution is -0.385. The Kier molecular flexibility index (Phi) is 4.32. The number of rotatable bonds is 4. The highest BCUT2D eigenvalue weighted by atomic mass is 16.6. The minimum atomic E-state index is -0.501. The molecule has 2 aromatic carbocycles. The van der Waals surface area contributed by atoms with E-state index >= 15 is 0 Å². The zero-order valence-corrected chi connectivity index (χ0v) is 13.6. The Morgan fingerprint density at radius 3 is 1.73 bits per heavy atom. The minimum Gasteiger partial charge on any atom is -0.321 e. The van der Waals surface area contributed by atoms with Gasteiger partial charge in [-0.15, -0.1) is 0 Å². The second kappa shape index (κ2) is 6.60. The number of aryl methyl sites for hydroxylation is 1. The van der Waals surface area contributed by atoms with Crippen molar-refractivity contribution in [2.75, 3.05) is 0 Å². The molecule has 1 N–H and O–H groups in total. The van der Waals surface area contributed by atoms with Crippen molar-refractivity contribution >= 4 is 11.4 Å². The van der Waals surface area contributed by atoms with Crippen molar-refractivity contribution in [3.8, 4) is 22.4 Å². The Balaban J connectivity index is 2.16. The molecule has 0 aliphatic rings. The molecule has 8 nitrogen and oxygen atoms in total. The van der Waals surface area contributed by atoms with Gasteiger partial charge in [0.15, 0.2) is 0 Å². The van der Waals surface area contributed by atoms with Crippen LogP contribution in [0.15, 0.2) is 59.4 Å². The summed E-state index contributed by atoms with van der Waals surface area (Å²) in [5.74, 6) is 0. The van der Waals surface area contributed by atoms with Gasteiger partial charge in [0.25, 0.3) is 16.9 Å². The first-order chi connectivity index (χ1) is 12.4. The molecule has 0 aliphatic heterocycles. The number of nitro groups is 2. The van der Waals surface area contributed by atoms with Crippen molar-refractivity contribution in [1.29, 1.82) is 0 Å². The van der Waals surface area contributed by atoms with E-state index < -0.39 is 9.85 Å². The maximum Gasteiger partial charge on any atom is 0.269 e. The van der Waals surface area contributed by atoms with Gasteiger partial charge in [0.2, 0.25) is 0 Å². The van der Waals surface area contributed by atoms with Gasteiger partial charge >= 0.3 is 0 Å². The number of aromatic nitrogens is 1. The summed E-state index contributed by atoms with van der Waals surface area (Å²) in [5, 5.41) is 21.6. The van der Waals surface area contributed by atoms with Crippen LogP contribution in [0.2, 0.25) is 0 Å². The Labute approximate surface area is 147 Å². The number of nitrogens with zero attached hydrogens (tertiary/aromatic N) is 2. The van der Waals surface area contributed by atoms with Gasteiger partial charge in [0.1, 0.15) is 0 Å². The molecule has 0 bridgehead atoms. The van der Waals surface area contributed by atoms with E-state index in [1.54, 1.807) is 37.3 Å². The zero-order chi connectivity index (χ0) is 18.8. The largest absolute Gasteiger partial charge is 0.321 e. The lowest BCUT2D eigenvalue weighted by atomic mass is 9.97. The van der Waals surface area contributed by atoms with Gasteiger partial charge in [-0.1, -0.05) is 0 Å². The molecule has 3 aromatic rings. The average molecular weight is 351 g/mol. The highest BCUT2D eigenvalue weighted by Gasteiger charge is 2.14. The summed E-state index contributed by atoms with van der Waals surface area (Å²) in [5.41, 5.74) is 2.57. The summed E-state index contributed by atoms with van der Waals surface area (Å²) in [6.45, 7) is 1.66. The summed E-state index contributed by atoms with van der Waals surface area (Å²) in [4.78, 5) is 35.5. The van der Waals surface area contributed by atoms with E-state index in [0.29, 0.717) is 27.9 Å². The van der Waals surface area contributed by atoms with E-state index in [2.05, 4.69) is 4.98 Å². The lowest BCUT2D eigenvalue weighted by Gasteiger charge is -2.11. The molecule has 130 valence electrons. The van der Waals surface area contributed by atoms with Crippen LogP contribution in [0.4, 0.5) is 11.4 Å². The minimum absolute atomic E-state index is 0.0354. The molecule has 0 saturated carbocycles. The van der Waals surface area contributed by atoms with Gasteiger partial charge in [0, 0.05) is 35.4 Å². The molecule has 0 aliphatic carbocycles. The van der Waals surface area contributed by atoms with Crippen molar-refractivity contribution < 1.29 is 9.85 Å². The van der Waals surface area contributed by atoms with Crippen molar-refractivity contribution in [3.63, 3.8) is 0 Å². The molecule has 0 radical (unpaired) electrons. The van der Waals surface area contributed by atoms with Crippen molar-refractivity contribution in [2.24, 2.45) is 0 Å². The normalized spacial score (nSPS) is 10.5. The maximum absolute atomic E-state index is 12.1. The van der Waals surface area contributed by atoms with Crippen molar-refractivity contribution in [3.05, 3.63) is 90.7 Å². The van der Waals surface area contributed by atoms with E-state index in [-0.39, 0.29) is 16.9 Å². The fourth-order valence-electron chi connectivity index (χ4n) is 2.60. The van der Waals surface area contributed by atoms with Crippen LogP contribution >= 0.6 is 0 Å². The molecule has 3 rings (SSSR count). The third-order valence-corrected chi connectivity index (χ3v) is 3.98. The first kappa shape index (κ1) is 17.0. The summed E-state index contributed by atoms with van der Waals surface area (Å²) >= 11 is 0. The van der Waals surface area contributed by atoms with Crippen molar-refractivity contribution in [2.45, 2.75) is 6.92 Å². The molecular weight excluding hydrogens is 338 g/mol. The summed E-state index contributed by atoms with van der Waals surface area (Å²) in [6, 6.07) is 13.5. The second-order valence-electron chi connectivity index (χ2n) is 5.68. The fraction of sp³-hybridized carbons (Fsp3) is 0.0556. The lowest BCUT2D eigenvalue weighted by Crippen LogP contribution is -2.11. The summed E-state index contributed by atoms with van der Waals surface area (Å²) in [6.07, 6.45) is 0. The van der Waals surface area contributed by atoms with E-state index in [1.165, 1.54) is 24.3 Å². The first-order valence-corrected chi connectivity index (χ1v) is 7.60. The fourth-order valence-corrected chi connectivity index (χ4v) is 2.60. The standard InChI is InChI=1S/C18H13N3O5/c1-11-10-16(12-2-6-14(7-3-12)20(23)24)17(19-18(11)22)13-4-8-15(9-5-13)21(25)26/h2-10H,1H3,(H,19,22). The van der Waals surface area contributed by atoms with Gasteiger partial charge < -0.3 is 4.98 Å². The zero-order valence-electron chi connectivity index (χ0n) is 13.6. The van der Waals surface area contributed by atoms with Crippen molar-refractivity contribution in [1.82, 2.24) is 4.98 Å². The molecule has 0 fully saturated rings. The van der Waals surface area contributed by atoms with E-state index in [0.717, 1.165) is 0 Å². The quantitative estimate of drug-likeness (QED) is 0.566. The number of nitrogens with one attached hydrogen (secondary N) is 1. The maximum atomic E-state index is 12.1.